The average molecular weight is 501 g/mol. The molecule has 1 unspecified atom stereocenters. The summed E-state index contributed by atoms with van der Waals surface area (Å²) >= 11 is 0. The Hall–Kier alpha value is -2.94. The van der Waals surface area contributed by atoms with Crippen LogP contribution in [0.5, 0.6) is 0 Å². The van der Waals surface area contributed by atoms with Gasteiger partial charge in [0, 0.05) is 37.0 Å². The molecule has 36 heavy (non-hydrogen) atoms. The number of carbonyl (C=O) groups excluding carboxylic acids is 2. The minimum Gasteiger partial charge on any atom is -0.392 e. The monoisotopic (exact) mass is 500 g/mol. The van der Waals surface area contributed by atoms with Gasteiger partial charge in [-0.2, -0.15) is 0 Å². The third-order valence-electron chi connectivity index (χ3n) is 8.47. The standard InChI is InChI=1S/C27H34F2N4O3/c1-15(25(35)32-11-17-8-19(28)10-20(29)9-17)21-4-6-27(3)7-5-22(16(2)23(27)24(21)34)33-26(36)18-12-30-14-31-13-18/h8-10,12-16,21-24,34H,4-7,11H2,1-3H3,(H,32,35)(H,33,36)/t15-,16+,21?,22-,23+,24-,27-/m0/s1. The Kier molecular flexibility index (Phi) is 7.68. The van der Waals surface area contributed by atoms with Crippen LogP contribution in [0, 0.1) is 40.7 Å². The zero-order valence-electron chi connectivity index (χ0n) is 20.9. The molecule has 2 aliphatic carbocycles. The number of aliphatic hydroxyl groups is 1. The topological polar surface area (TPSA) is 104 Å². The van der Waals surface area contributed by atoms with Crippen molar-refractivity contribution in [3.63, 3.8) is 0 Å². The Morgan fingerprint density at radius 1 is 1.14 bits per heavy atom. The van der Waals surface area contributed by atoms with Crippen molar-refractivity contribution < 1.29 is 23.5 Å². The summed E-state index contributed by atoms with van der Waals surface area (Å²) < 4.78 is 26.9. The van der Waals surface area contributed by atoms with E-state index in [1.54, 1.807) is 6.92 Å². The summed E-state index contributed by atoms with van der Waals surface area (Å²) in [6, 6.07) is 3.05. The molecule has 7 nitrogen and oxygen atoms in total. The fraction of sp³-hybridized carbons (Fsp3) is 0.556. The third kappa shape index (κ3) is 5.40. The van der Waals surface area contributed by atoms with Crippen LogP contribution in [0.15, 0.2) is 36.9 Å². The van der Waals surface area contributed by atoms with E-state index in [9.17, 15) is 23.5 Å². The van der Waals surface area contributed by atoms with Crippen LogP contribution in [0.1, 0.15) is 62.4 Å². The highest BCUT2D eigenvalue weighted by atomic mass is 19.1. The van der Waals surface area contributed by atoms with Gasteiger partial charge >= 0.3 is 0 Å². The van der Waals surface area contributed by atoms with E-state index in [1.165, 1.54) is 30.9 Å². The molecule has 2 aliphatic rings. The van der Waals surface area contributed by atoms with E-state index in [2.05, 4.69) is 34.4 Å². The fourth-order valence-corrected chi connectivity index (χ4v) is 6.42. The number of carbonyl (C=O) groups is 2. The van der Waals surface area contributed by atoms with Crippen molar-refractivity contribution in [2.24, 2.45) is 29.1 Å². The molecule has 2 fully saturated rings. The highest BCUT2D eigenvalue weighted by Crippen LogP contribution is 2.55. The molecule has 4 rings (SSSR count). The number of rotatable bonds is 6. The lowest BCUT2D eigenvalue weighted by atomic mass is 9.51. The van der Waals surface area contributed by atoms with E-state index >= 15 is 0 Å². The number of benzene rings is 1. The number of nitrogens with zero attached hydrogens (tertiary/aromatic N) is 2. The highest BCUT2D eigenvalue weighted by molar-refractivity contribution is 5.93. The normalized spacial score (nSPS) is 30.7. The molecule has 0 radical (unpaired) electrons. The quantitative estimate of drug-likeness (QED) is 0.562. The summed E-state index contributed by atoms with van der Waals surface area (Å²) in [6.07, 6.45) is 6.88. The molecule has 0 spiro atoms. The Balaban J connectivity index is 1.42. The minimum atomic E-state index is -0.717. The number of aromatic nitrogens is 2. The van der Waals surface area contributed by atoms with Gasteiger partial charge in [-0.15, -0.1) is 0 Å². The summed E-state index contributed by atoms with van der Waals surface area (Å²) in [4.78, 5) is 33.5. The Morgan fingerprint density at radius 2 is 1.78 bits per heavy atom. The molecule has 1 aromatic carbocycles. The van der Waals surface area contributed by atoms with E-state index in [1.807, 2.05) is 0 Å². The maximum Gasteiger partial charge on any atom is 0.254 e. The summed E-state index contributed by atoms with van der Waals surface area (Å²) in [5, 5.41) is 17.4. The molecule has 0 bridgehead atoms. The lowest BCUT2D eigenvalue weighted by Crippen LogP contribution is -2.58. The van der Waals surface area contributed by atoms with Crippen LogP contribution in [0.3, 0.4) is 0 Å². The van der Waals surface area contributed by atoms with E-state index in [-0.39, 0.29) is 47.6 Å². The fourth-order valence-electron chi connectivity index (χ4n) is 6.42. The van der Waals surface area contributed by atoms with Gasteiger partial charge in [-0.3, -0.25) is 9.59 Å². The molecule has 1 heterocycles. The van der Waals surface area contributed by atoms with Crippen molar-refractivity contribution in [2.45, 2.75) is 65.1 Å². The van der Waals surface area contributed by atoms with Gasteiger partial charge in [0.15, 0.2) is 0 Å². The van der Waals surface area contributed by atoms with Crippen LogP contribution < -0.4 is 10.6 Å². The van der Waals surface area contributed by atoms with Crippen LogP contribution in [0.4, 0.5) is 8.78 Å². The van der Waals surface area contributed by atoms with E-state index in [0.29, 0.717) is 17.5 Å². The van der Waals surface area contributed by atoms with Crippen molar-refractivity contribution in [1.82, 2.24) is 20.6 Å². The molecule has 9 heteroatoms. The lowest BCUT2D eigenvalue weighted by Gasteiger charge is -2.56. The van der Waals surface area contributed by atoms with Crippen molar-refractivity contribution in [3.05, 3.63) is 59.7 Å². The number of fused-ring (bicyclic) bond motifs is 1. The van der Waals surface area contributed by atoms with Crippen LogP contribution in [0.25, 0.3) is 0 Å². The molecule has 0 aliphatic heterocycles. The number of amides is 2. The van der Waals surface area contributed by atoms with Crippen LogP contribution in [-0.4, -0.2) is 39.0 Å². The summed E-state index contributed by atoms with van der Waals surface area (Å²) in [6.45, 7) is 6.05. The van der Waals surface area contributed by atoms with Crippen molar-refractivity contribution in [2.75, 3.05) is 0 Å². The number of hydrogen-bond acceptors (Lipinski definition) is 5. The first-order valence-electron chi connectivity index (χ1n) is 12.6. The highest BCUT2D eigenvalue weighted by Gasteiger charge is 2.53. The van der Waals surface area contributed by atoms with Gasteiger partial charge in [-0.1, -0.05) is 20.8 Å². The Bertz CT molecular complexity index is 1080. The molecule has 2 amide bonds. The van der Waals surface area contributed by atoms with Gasteiger partial charge in [0.1, 0.15) is 18.0 Å². The molecule has 194 valence electrons. The molecular formula is C27H34F2N4O3. The first kappa shape index (κ1) is 26.1. The molecular weight excluding hydrogens is 466 g/mol. The van der Waals surface area contributed by atoms with Crippen molar-refractivity contribution in [1.29, 1.82) is 0 Å². The number of halogens is 2. The van der Waals surface area contributed by atoms with Gasteiger partial charge in [-0.25, -0.2) is 18.7 Å². The predicted octanol–water partition coefficient (Wildman–Crippen LogP) is 3.63. The Morgan fingerprint density at radius 3 is 2.44 bits per heavy atom. The zero-order chi connectivity index (χ0) is 26.0. The molecule has 7 atom stereocenters. The summed E-state index contributed by atoms with van der Waals surface area (Å²) in [5.41, 5.74) is 0.651. The third-order valence-corrected chi connectivity index (χ3v) is 8.47. The summed E-state index contributed by atoms with van der Waals surface area (Å²) in [7, 11) is 0. The number of aliphatic hydroxyl groups excluding tert-OH is 1. The van der Waals surface area contributed by atoms with Crippen LogP contribution in [0.2, 0.25) is 0 Å². The van der Waals surface area contributed by atoms with E-state index in [0.717, 1.165) is 25.3 Å². The van der Waals surface area contributed by atoms with Gasteiger partial charge in [-0.05, 0) is 66.5 Å². The lowest BCUT2D eigenvalue weighted by molar-refractivity contribution is -0.142. The molecule has 2 aromatic rings. The smallest absolute Gasteiger partial charge is 0.254 e. The first-order chi connectivity index (χ1) is 17.1. The van der Waals surface area contributed by atoms with E-state index in [4.69, 9.17) is 0 Å². The predicted molar refractivity (Wildman–Crippen MR) is 129 cm³/mol. The average Bonchev–Trinajstić information content (AvgIpc) is 2.84. The maximum atomic E-state index is 13.5. The molecule has 2 saturated carbocycles. The van der Waals surface area contributed by atoms with Gasteiger partial charge in [0.25, 0.3) is 5.91 Å². The number of hydrogen-bond donors (Lipinski definition) is 3. The van der Waals surface area contributed by atoms with E-state index < -0.39 is 23.7 Å². The van der Waals surface area contributed by atoms with Crippen molar-refractivity contribution >= 4 is 11.8 Å². The van der Waals surface area contributed by atoms with Gasteiger partial charge in [0.2, 0.25) is 5.91 Å². The van der Waals surface area contributed by atoms with Crippen LogP contribution >= 0.6 is 0 Å². The second-order valence-corrected chi connectivity index (χ2v) is 10.8. The second-order valence-electron chi connectivity index (χ2n) is 10.8. The minimum absolute atomic E-state index is 0.000612. The SMILES string of the molecule is C[C@H]1[C@@H]2[C@@H](O)C([C@H](C)C(=O)NCc3cc(F)cc(F)c3)CC[C@@]2(C)CC[C@@H]1NC(=O)c1cncnc1. The molecule has 1 aromatic heterocycles. The van der Waals surface area contributed by atoms with Gasteiger partial charge in [0.05, 0.1) is 11.7 Å². The maximum absolute atomic E-state index is 13.5. The zero-order valence-corrected chi connectivity index (χ0v) is 20.9. The molecule has 0 saturated heterocycles. The Labute approximate surface area is 210 Å². The first-order valence-corrected chi connectivity index (χ1v) is 12.6. The second kappa shape index (κ2) is 10.6. The molecule has 3 N–H and O–H groups in total. The number of nitrogens with one attached hydrogen (secondary N) is 2. The van der Waals surface area contributed by atoms with Gasteiger partial charge < -0.3 is 15.7 Å². The van der Waals surface area contributed by atoms with Crippen LogP contribution in [-0.2, 0) is 11.3 Å². The largest absolute Gasteiger partial charge is 0.392 e. The summed E-state index contributed by atoms with van der Waals surface area (Å²) in [5.74, 6) is -2.71. The van der Waals surface area contributed by atoms with Crippen molar-refractivity contribution in [3.8, 4) is 0 Å².